The lowest BCUT2D eigenvalue weighted by atomic mass is 9.94. The van der Waals surface area contributed by atoms with Gasteiger partial charge in [0.15, 0.2) is 0 Å². The number of hydrogen-bond acceptors (Lipinski definition) is 4. The van der Waals surface area contributed by atoms with Crippen LogP contribution in [0.1, 0.15) is 18.4 Å². The lowest BCUT2D eigenvalue weighted by Crippen LogP contribution is -2.54. The van der Waals surface area contributed by atoms with E-state index < -0.39 is 0 Å². The van der Waals surface area contributed by atoms with Gasteiger partial charge in [-0.1, -0.05) is 23.7 Å². The fourth-order valence-corrected chi connectivity index (χ4v) is 3.81. The van der Waals surface area contributed by atoms with Crippen molar-refractivity contribution in [2.75, 3.05) is 52.4 Å². The molecule has 0 bridgehead atoms. The van der Waals surface area contributed by atoms with Crippen molar-refractivity contribution in [1.29, 1.82) is 5.26 Å². The number of piperazine rings is 1. The van der Waals surface area contributed by atoms with E-state index in [1.165, 1.54) is 0 Å². The molecule has 2 aliphatic rings. The van der Waals surface area contributed by atoms with Crippen LogP contribution in [0.4, 0.5) is 4.79 Å². The van der Waals surface area contributed by atoms with Crippen LogP contribution in [0, 0.1) is 11.3 Å². The largest absolute Gasteiger partial charge is 0.395 e. The average Bonchev–Trinajstić information content (AvgIpc) is 2.71. The topological polar surface area (TPSA) is 70.8 Å². The van der Waals surface area contributed by atoms with Gasteiger partial charge in [0.1, 0.15) is 0 Å². The van der Waals surface area contributed by atoms with E-state index >= 15 is 0 Å². The minimum Gasteiger partial charge on any atom is -0.395 e. The van der Waals surface area contributed by atoms with Gasteiger partial charge in [-0.3, -0.25) is 4.90 Å². The van der Waals surface area contributed by atoms with E-state index in [-0.39, 0.29) is 12.6 Å². The highest BCUT2D eigenvalue weighted by molar-refractivity contribution is 6.30. The Labute approximate surface area is 165 Å². The number of aliphatic hydroxyl groups is 1. The number of carbonyl (C=O) groups is 1. The monoisotopic (exact) mass is 388 g/mol. The van der Waals surface area contributed by atoms with Crippen molar-refractivity contribution in [1.82, 2.24) is 14.7 Å². The first kappa shape index (κ1) is 19.7. The first-order valence-electron chi connectivity index (χ1n) is 9.37. The molecule has 7 heteroatoms. The molecule has 1 aromatic carbocycles. The summed E-state index contributed by atoms with van der Waals surface area (Å²) in [6, 6.07) is 9.75. The second kappa shape index (κ2) is 9.23. The zero-order valence-corrected chi connectivity index (χ0v) is 16.2. The number of benzene rings is 1. The third-order valence-electron chi connectivity index (χ3n) is 5.29. The van der Waals surface area contributed by atoms with E-state index in [0.29, 0.717) is 43.3 Å². The smallest absolute Gasteiger partial charge is 0.320 e. The van der Waals surface area contributed by atoms with Crippen LogP contribution in [0.3, 0.4) is 0 Å². The summed E-state index contributed by atoms with van der Waals surface area (Å²) in [5.74, 6) is 0. The molecule has 0 aliphatic carbocycles. The second-order valence-corrected chi connectivity index (χ2v) is 7.36. The van der Waals surface area contributed by atoms with Crippen molar-refractivity contribution in [3.8, 4) is 6.07 Å². The molecule has 0 aromatic heterocycles. The summed E-state index contributed by atoms with van der Waals surface area (Å²) in [6.45, 7) is 5.12. The van der Waals surface area contributed by atoms with Crippen LogP contribution in [0.25, 0.3) is 5.57 Å². The number of rotatable bonds is 3. The Morgan fingerprint density at radius 1 is 1.04 bits per heavy atom. The molecule has 2 fully saturated rings. The van der Waals surface area contributed by atoms with Crippen molar-refractivity contribution in [3.05, 3.63) is 40.4 Å². The Balaban J connectivity index is 1.59. The maximum absolute atomic E-state index is 12.8. The predicted molar refractivity (Wildman–Crippen MR) is 105 cm³/mol. The summed E-state index contributed by atoms with van der Waals surface area (Å²) >= 11 is 5.94. The lowest BCUT2D eigenvalue weighted by Gasteiger charge is -2.38. The summed E-state index contributed by atoms with van der Waals surface area (Å²) in [4.78, 5) is 18.7. The van der Waals surface area contributed by atoms with Crippen LogP contribution < -0.4 is 0 Å². The molecule has 1 aromatic rings. The van der Waals surface area contributed by atoms with Crippen molar-refractivity contribution in [2.24, 2.45) is 0 Å². The molecule has 0 radical (unpaired) electrons. The van der Waals surface area contributed by atoms with Gasteiger partial charge < -0.3 is 14.9 Å². The summed E-state index contributed by atoms with van der Waals surface area (Å²) in [5.41, 5.74) is 2.70. The highest BCUT2D eigenvalue weighted by Crippen LogP contribution is 2.27. The van der Waals surface area contributed by atoms with Gasteiger partial charge in [-0.15, -0.1) is 0 Å². The second-order valence-electron chi connectivity index (χ2n) is 6.92. The van der Waals surface area contributed by atoms with Crippen LogP contribution in [0.5, 0.6) is 0 Å². The number of hydrogen-bond donors (Lipinski definition) is 1. The highest BCUT2D eigenvalue weighted by Gasteiger charge is 2.27. The van der Waals surface area contributed by atoms with E-state index in [1.54, 1.807) is 12.1 Å². The molecular weight excluding hydrogens is 364 g/mol. The number of piperidine rings is 1. The molecule has 1 N–H and O–H groups in total. The van der Waals surface area contributed by atoms with E-state index in [2.05, 4.69) is 11.0 Å². The van der Waals surface area contributed by atoms with Crippen molar-refractivity contribution >= 4 is 23.2 Å². The zero-order chi connectivity index (χ0) is 19.2. The molecule has 2 saturated heterocycles. The number of likely N-dealkylation sites (tertiary alicyclic amines) is 1. The summed E-state index contributed by atoms with van der Waals surface area (Å²) in [7, 11) is 0. The number of nitrogens with zero attached hydrogens (tertiary/aromatic N) is 4. The van der Waals surface area contributed by atoms with E-state index in [1.807, 2.05) is 21.9 Å². The minimum atomic E-state index is 0.0858. The number of halogens is 1. The van der Waals surface area contributed by atoms with Crippen LogP contribution in [-0.4, -0.2) is 78.3 Å². The van der Waals surface area contributed by atoms with Crippen molar-refractivity contribution in [3.63, 3.8) is 0 Å². The standard InChI is InChI=1S/C20H25ClN4O2/c21-18-3-1-16(2-4-18)19(15-22)17-5-7-24(8-6-17)20(27)25-11-9-23(10-12-25)13-14-26/h1-4,26H,5-14H2. The SMILES string of the molecule is N#CC(=C1CCN(C(=O)N2CCN(CCO)CC2)CC1)c1ccc(Cl)cc1. The van der Waals surface area contributed by atoms with Gasteiger partial charge in [0.25, 0.3) is 0 Å². The molecule has 0 spiro atoms. The maximum Gasteiger partial charge on any atom is 0.320 e. The normalized spacial score (nSPS) is 18.3. The summed E-state index contributed by atoms with van der Waals surface area (Å²) < 4.78 is 0. The van der Waals surface area contributed by atoms with Gasteiger partial charge in [0.2, 0.25) is 0 Å². The third-order valence-corrected chi connectivity index (χ3v) is 5.55. The van der Waals surface area contributed by atoms with Crippen molar-refractivity contribution < 1.29 is 9.90 Å². The fourth-order valence-electron chi connectivity index (χ4n) is 3.69. The Bertz CT molecular complexity index is 723. The average molecular weight is 389 g/mol. The third kappa shape index (κ3) is 4.81. The number of nitriles is 1. The van der Waals surface area contributed by atoms with E-state index in [9.17, 15) is 10.1 Å². The van der Waals surface area contributed by atoms with Gasteiger partial charge in [-0.25, -0.2) is 4.79 Å². The molecule has 0 saturated carbocycles. The molecule has 0 unspecified atom stereocenters. The fraction of sp³-hybridized carbons (Fsp3) is 0.500. The molecule has 27 heavy (non-hydrogen) atoms. The molecule has 6 nitrogen and oxygen atoms in total. The van der Waals surface area contributed by atoms with Gasteiger partial charge >= 0.3 is 6.03 Å². The quantitative estimate of drug-likeness (QED) is 0.807. The van der Waals surface area contributed by atoms with Gasteiger partial charge in [-0.2, -0.15) is 5.26 Å². The Kier molecular flexibility index (Phi) is 6.73. The van der Waals surface area contributed by atoms with E-state index in [0.717, 1.165) is 37.1 Å². The first-order valence-corrected chi connectivity index (χ1v) is 9.75. The minimum absolute atomic E-state index is 0.0858. The number of β-amino-alcohol motifs (C(OH)–C–C–N with tert-alkyl or cyclic N) is 1. The molecule has 2 heterocycles. The van der Waals surface area contributed by atoms with E-state index in [4.69, 9.17) is 16.7 Å². The summed E-state index contributed by atoms with van der Waals surface area (Å²) in [5, 5.41) is 19.3. The predicted octanol–water partition coefficient (Wildman–Crippen LogP) is 2.44. The van der Waals surface area contributed by atoms with Crippen LogP contribution >= 0.6 is 11.6 Å². The molecule has 144 valence electrons. The zero-order valence-electron chi connectivity index (χ0n) is 15.4. The van der Waals surface area contributed by atoms with Crippen LogP contribution in [0.2, 0.25) is 5.02 Å². The number of urea groups is 1. The Morgan fingerprint density at radius 2 is 1.63 bits per heavy atom. The maximum atomic E-state index is 12.8. The molecule has 2 amide bonds. The Hall–Kier alpha value is -2.07. The van der Waals surface area contributed by atoms with Gasteiger partial charge in [-0.05, 0) is 36.1 Å². The van der Waals surface area contributed by atoms with Crippen LogP contribution in [0.15, 0.2) is 29.8 Å². The molecular formula is C20H25ClN4O2. The van der Waals surface area contributed by atoms with Crippen LogP contribution in [-0.2, 0) is 0 Å². The number of carbonyl (C=O) groups excluding carboxylic acids is 1. The highest BCUT2D eigenvalue weighted by atomic mass is 35.5. The molecule has 2 aliphatic heterocycles. The lowest BCUT2D eigenvalue weighted by molar-refractivity contribution is 0.101. The number of allylic oxidation sites excluding steroid dienone is 1. The van der Waals surface area contributed by atoms with Gasteiger partial charge in [0.05, 0.1) is 18.2 Å². The van der Waals surface area contributed by atoms with Gasteiger partial charge in [0, 0.05) is 50.8 Å². The number of amides is 2. The number of aliphatic hydroxyl groups excluding tert-OH is 1. The molecule has 0 atom stereocenters. The molecule has 3 rings (SSSR count). The Morgan fingerprint density at radius 3 is 2.19 bits per heavy atom. The van der Waals surface area contributed by atoms with Crippen molar-refractivity contribution in [2.45, 2.75) is 12.8 Å². The summed E-state index contributed by atoms with van der Waals surface area (Å²) in [6.07, 6.45) is 1.45. The first-order chi connectivity index (χ1) is 13.1.